The summed E-state index contributed by atoms with van der Waals surface area (Å²) in [6.07, 6.45) is 6.04. The summed E-state index contributed by atoms with van der Waals surface area (Å²) in [7, 11) is -0.797. The van der Waals surface area contributed by atoms with E-state index in [4.69, 9.17) is 0 Å². The lowest BCUT2D eigenvalue weighted by Gasteiger charge is -2.13. The molecule has 0 saturated carbocycles. The van der Waals surface area contributed by atoms with Crippen molar-refractivity contribution in [2.45, 2.75) is 13.3 Å². The van der Waals surface area contributed by atoms with Crippen LogP contribution in [0.4, 0.5) is 0 Å². The standard InChI is InChI=1S/C9H19NO2S/c1-4-5-7-10(2)8-6-9-13(3,11)12/h4-5H,6-9H2,1-3H3/b5-4+. The average Bonchev–Trinajstić information content (AvgIpc) is 1.98. The number of hydrogen-bond acceptors (Lipinski definition) is 3. The molecule has 0 heterocycles. The van der Waals surface area contributed by atoms with Crippen LogP contribution in [-0.4, -0.2) is 45.5 Å². The van der Waals surface area contributed by atoms with Crippen molar-refractivity contribution in [1.82, 2.24) is 4.90 Å². The molecule has 0 N–H and O–H groups in total. The third kappa shape index (κ3) is 9.56. The molecule has 0 bridgehead atoms. The van der Waals surface area contributed by atoms with E-state index in [1.165, 1.54) is 6.26 Å². The summed E-state index contributed by atoms with van der Waals surface area (Å²) in [5.41, 5.74) is 0. The molecule has 0 spiro atoms. The summed E-state index contributed by atoms with van der Waals surface area (Å²) in [5.74, 6) is 0.285. The third-order valence-corrected chi connectivity index (χ3v) is 2.74. The van der Waals surface area contributed by atoms with Gasteiger partial charge in [0.2, 0.25) is 0 Å². The molecule has 0 unspecified atom stereocenters. The molecular formula is C9H19NO2S. The van der Waals surface area contributed by atoms with Gasteiger partial charge in [-0.3, -0.25) is 0 Å². The van der Waals surface area contributed by atoms with Crippen LogP contribution in [0.25, 0.3) is 0 Å². The van der Waals surface area contributed by atoms with Gasteiger partial charge in [-0.25, -0.2) is 8.42 Å². The molecular weight excluding hydrogens is 186 g/mol. The average molecular weight is 205 g/mol. The van der Waals surface area contributed by atoms with Crippen molar-refractivity contribution in [2.75, 3.05) is 32.1 Å². The van der Waals surface area contributed by atoms with E-state index in [1.54, 1.807) is 0 Å². The lowest BCUT2D eigenvalue weighted by atomic mass is 10.4. The second-order valence-electron chi connectivity index (χ2n) is 3.31. The number of hydrogen-bond donors (Lipinski definition) is 0. The van der Waals surface area contributed by atoms with Crippen LogP contribution < -0.4 is 0 Å². The second-order valence-corrected chi connectivity index (χ2v) is 5.57. The highest BCUT2D eigenvalue weighted by molar-refractivity contribution is 7.90. The predicted octanol–water partition coefficient (Wildman–Crippen LogP) is 0.929. The minimum Gasteiger partial charge on any atom is -0.303 e. The van der Waals surface area contributed by atoms with Gasteiger partial charge in [0.15, 0.2) is 0 Å². The summed E-state index contributed by atoms with van der Waals surface area (Å²) in [6.45, 7) is 3.70. The zero-order valence-electron chi connectivity index (χ0n) is 8.66. The van der Waals surface area contributed by atoms with Crippen LogP contribution in [0.1, 0.15) is 13.3 Å². The number of rotatable bonds is 6. The Morgan fingerprint density at radius 3 is 2.46 bits per heavy atom. The van der Waals surface area contributed by atoms with E-state index in [0.717, 1.165) is 13.1 Å². The van der Waals surface area contributed by atoms with Gasteiger partial charge in [-0.2, -0.15) is 0 Å². The van der Waals surface area contributed by atoms with Crippen LogP contribution in [0, 0.1) is 0 Å². The summed E-state index contributed by atoms with van der Waals surface area (Å²) in [5, 5.41) is 0. The molecule has 0 aliphatic heterocycles. The van der Waals surface area contributed by atoms with Crippen molar-refractivity contribution >= 4 is 9.84 Å². The van der Waals surface area contributed by atoms with Gasteiger partial charge in [0, 0.05) is 12.8 Å². The summed E-state index contributed by atoms with van der Waals surface area (Å²) in [6, 6.07) is 0. The Hall–Kier alpha value is -0.350. The summed E-state index contributed by atoms with van der Waals surface area (Å²) in [4.78, 5) is 2.10. The van der Waals surface area contributed by atoms with E-state index in [2.05, 4.69) is 11.0 Å². The molecule has 0 saturated heterocycles. The van der Waals surface area contributed by atoms with Crippen LogP contribution in [0.5, 0.6) is 0 Å². The molecule has 0 fully saturated rings. The van der Waals surface area contributed by atoms with E-state index in [1.807, 2.05) is 20.0 Å². The van der Waals surface area contributed by atoms with E-state index >= 15 is 0 Å². The lowest BCUT2D eigenvalue weighted by Crippen LogP contribution is -2.21. The van der Waals surface area contributed by atoms with Crippen molar-refractivity contribution in [2.24, 2.45) is 0 Å². The number of likely N-dealkylation sites (N-methyl/N-ethyl adjacent to an activating group) is 1. The van der Waals surface area contributed by atoms with Gasteiger partial charge in [-0.1, -0.05) is 12.2 Å². The first-order chi connectivity index (χ1) is 5.95. The quantitative estimate of drug-likeness (QED) is 0.605. The highest BCUT2D eigenvalue weighted by Gasteiger charge is 2.02. The summed E-state index contributed by atoms with van der Waals surface area (Å²) >= 11 is 0. The minimum atomic E-state index is -2.78. The lowest BCUT2D eigenvalue weighted by molar-refractivity contribution is 0.371. The van der Waals surface area contributed by atoms with E-state index < -0.39 is 9.84 Å². The Kier molecular flexibility index (Phi) is 5.99. The van der Waals surface area contributed by atoms with Crippen LogP contribution >= 0.6 is 0 Å². The van der Waals surface area contributed by atoms with E-state index in [-0.39, 0.29) is 5.75 Å². The largest absolute Gasteiger partial charge is 0.303 e. The number of nitrogens with zero attached hydrogens (tertiary/aromatic N) is 1. The first kappa shape index (κ1) is 12.7. The van der Waals surface area contributed by atoms with Crippen molar-refractivity contribution in [3.8, 4) is 0 Å². The van der Waals surface area contributed by atoms with Gasteiger partial charge in [-0.05, 0) is 26.9 Å². The fourth-order valence-electron chi connectivity index (χ4n) is 0.973. The Balaban J connectivity index is 3.53. The van der Waals surface area contributed by atoms with Gasteiger partial charge >= 0.3 is 0 Å². The van der Waals surface area contributed by atoms with Crippen LogP contribution in [0.15, 0.2) is 12.2 Å². The SMILES string of the molecule is C/C=C/CN(C)CCCS(C)(=O)=O. The molecule has 13 heavy (non-hydrogen) atoms. The molecule has 0 atom stereocenters. The molecule has 0 aromatic rings. The second kappa shape index (κ2) is 6.16. The van der Waals surface area contributed by atoms with E-state index in [9.17, 15) is 8.42 Å². The van der Waals surface area contributed by atoms with Crippen molar-refractivity contribution < 1.29 is 8.42 Å². The fraction of sp³-hybridized carbons (Fsp3) is 0.778. The molecule has 0 rings (SSSR count). The van der Waals surface area contributed by atoms with Crippen LogP contribution in [0.2, 0.25) is 0 Å². The third-order valence-electron chi connectivity index (χ3n) is 1.71. The van der Waals surface area contributed by atoms with Gasteiger partial charge in [-0.15, -0.1) is 0 Å². The molecule has 0 radical (unpaired) electrons. The Bertz CT molecular complexity index is 244. The molecule has 0 aromatic carbocycles. The zero-order chi connectivity index (χ0) is 10.3. The Morgan fingerprint density at radius 2 is 2.00 bits per heavy atom. The molecule has 0 amide bonds. The molecule has 0 aliphatic carbocycles. The first-order valence-corrected chi connectivity index (χ1v) is 6.49. The molecule has 0 aromatic heterocycles. The maximum atomic E-state index is 10.8. The Morgan fingerprint density at radius 1 is 1.38 bits per heavy atom. The van der Waals surface area contributed by atoms with Gasteiger partial charge in [0.25, 0.3) is 0 Å². The van der Waals surface area contributed by atoms with Gasteiger partial charge in [0.05, 0.1) is 5.75 Å². The van der Waals surface area contributed by atoms with Crippen molar-refractivity contribution in [3.63, 3.8) is 0 Å². The van der Waals surface area contributed by atoms with Gasteiger partial charge < -0.3 is 4.90 Å². The zero-order valence-corrected chi connectivity index (χ0v) is 9.47. The smallest absolute Gasteiger partial charge is 0.147 e. The molecule has 78 valence electrons. The van der Waals surface area contributed by atoms with Crippen molar-refractivity contribution in [1.29, 1.82) is 0 Å². The topological polar surface area (TPSA) is 37.4 Å². The maximum Gasteiger partial charge on any atom is 0.147 e. The first-order valence-electron chi connectivity index (χ1n) is 4.43. The predicted molar refractivity (Wildman–Crippen MR) is 56.6 cm³/mol. The maximum absolute atomic E-state index is 10.8. The van der Waals surface area contributed by atoms with Crippen LogP contribution in [-0.2, 0) is 9.84 Å². The fourth-order valence-corrected chi connectivity index (χ4v) is 1.63. The number of sulfone groups is 1. The summed E-state index contributed by atoms with van der Waals surface area (Å²) < 4.78 is 21.6. The highest BCUT2D eigenvalue weighted by Crippen LogP contribution is 1.92. The Labute approximate surface area is 81.4 Å². The minimum absolute atomic E-state index is 0.285. The van der Waals surface area contributed by atoms with Crippen LogP contribution in [0.3, 0.4) is 0 Å². The molecule has 0 aliphatic rings. The normalized spacial score (nSPS) is 12.9. The number of allylic oxidation sites excluding steroid dienone is 1. The highest BCUT2D eigenvalue weighted by atomic mass is 32.2. The monoisotopic (exact) mass is 205 g/mol. The molecule has 4 heteroatoms. The van der Waals surface area contributed by atoms with E-state index in [0.29, 0.717) is 6.42 Å². The van der Waals surface area contributed by atoms with Gasteiger partial charge in [0.1, 0.15) is 9.84 Å². The van der Waals surface area contributed by atoms with Crippen molar-refractivity contribution in [3.05, 3.63) is 12.2 Å². The molecule has 3 nitrogen and oxygen atoms in total.